The van der Waals surface area contributed by atoms with Crippen molar-refractivity contribution in [3.63, 3.8) is 0 Å². The Morgan fingerprint density at radius 3 is 2.59 bits per heavy atom. The maximum Gasteiger partial charge on any atom is 0.405 e. The van der Waals surface area contributed by atoms with Crippen molar-refractivity contribution in [2.24, 2.45) is 5.84 Å². The predicted molar refractivity (Wildman–Crippen MR) is 57.4 cm³/mol. The van der Waals surface area contributed by atoms with Gasteiger partial charge in [-0.2, -0.15) is 13.2 Å². The van der Waals surface area contributed by atoms with E-state index in [2.05, 4.69) is 5.43 Å². The number of hydrogen-bond acceptors (Lipinski definition) is 3. The second-order valence-corrected chi connectivity index (χ2v) is 3.49. The van der Waals surface area contributed by atoms with Crippen LogP contribution in [0.1, 0.15) is 15.9 Å². The summed E-state index contributed by atoms with van der Waals surface area (Å²) in [6, 6.07) is 4.68. The summed E-state index contributed by atoms with van der Waals surface area (Å²) in [5, 5.41) is 1.78. The van der Waals surface area contributed by atoms with Crippen LogP contribution in [0.3, 0.4) is 0 Å². The summed E-state index contributed by atoms with van der Waals surface area (Å²) in [7, 11) is 0. The summed E-state index contributed by atoms with van der Waals surface area (Å²) in [6.07, 6.45) is -4.43. The van der Waals surface area contributed by atoms with Crippen LogP contribution in [0.4, 0.5) is 18.9 Å². The van der Waals surface area contributed by atoms with Gasteiger partial charge in [-0.15, -0.1) is 0 Å². The van der Waals surface area contributed by atoms with Gasteiger partial charge < -0.3 is 10.7 Å². The molecule has 1 aromatic carbocycles. The smallest absolute Gasteiger partial charge is 0.343 e. The second kappa shape index (κ2) is 5.05. The summed E-state index contributed by atoms with van der Waals surface area (Å²) in [6.45, 7) is 0.352. The van der Waals surface area contributed by atoms with Gasteiger partial charge in [-0.25, -0.2) is 0 Å². The van der Waals surface area contributed by atoms with Crippen LogP contribution >= 0.6 is 0 Å². The lowest BCUT2D eigenvalue weighted by molar-refractivity contribution is -0.123. The minimum Gasteiger partial charge on any atom is -0.343 e. The fourth-order valence-corrected chi connectivity index (χ4v) is 1.25. The van der Waals surface area contributed by atoms with Crippen molar-refractivity contribution in [1.82, 2.24) is 5.32 Å². The average molecular weight is 247 g/mol. The lowest BCUT2D eigenvalue weighted by Gasteiger charge is -2.11. The van der Waals surface area contributed by atoms with Gasteiger partial charge in [0.2, 0.25) is 0 Å². The molecule has 0 bridgehead atoms. The molecule has 17 heavy (non-hydrogen) atoms. The van der Waals surface area contributed by atoms with Gasteiger partial charge in [-0.3, -0.25) is 10.6 Å². The molecular formula is C10H12F3N3O. The lowest BCUT2D eigenvalue weighted by atomic mass is 10.1. The molecule has 0 atom stereocenters. The number of carbonyl (C=O) groups is 1. The molecule has 0 aromatic heterocycles. The van der Waals surface area contributed by atoms with Crippen molar-refractivity contribution in [2.75, 3.05) is 12.0 Å². The van der Waals surface area contributed by atoms with Crippen LogP contribution in [-0.2, 0) is 0 Å². The van der Waals surface area contributed by atoms with Gasteiger partial charge >= 0.3 is 6.18 Å². The van der Waals surface area contributed by atoms with E-state index in [-0.39, 0.29) is 11.3 Å². The van der Waals surface area contributed by atoms with Crippen molar-refractivity contribution in [2.45, 2.75) is 13.1 Å². The Kier molecular flexibility index (Phi) is 3.95. The molecule has 94 valence electrons. The molecule has 1 rings (SSSR count). The number of benzene rings is 1. The quantitative estimate of drug-likeness (QED) is 0.561. The van der Waals surface area contributed by atoms with E-state index in [9.17, 15) is 18.0 Å². The number of aryl methyl sites for hydroxylation is 1. The van der Waals surface area contributed by atoms with Crippen molar-refractivity contribution in [1.29, 1.82) is 0 Å². The van der Waals surface area contributed by atoms with Gasteiger partial charge in [0.15, 0.2) is 0 Å². The molecule has 0 aliphatic rings. The van der Waals surface area contributed by atoms with Crippen molar-refractivity contribution < 1.29 is 18.0 Å². The Morgan fingerprint density at radius 1 is 1.41 bits per heavy atom. The number of halogens is 3. The first-order chi connectivity index (χ1) is 7.83. The fraction of sp³-hybridized carbons (Fsp3) is 0.300. The van der Waals surface area contributed by atoms with E-state index in [1.165, 1.54) is 12.1 Å². The topological polar surface area (TPSA) is 67.1 Å². The number of nitrogens with one attached hydrogen (secondary N) is 2. The monoisotopic (exact) mass is 247 g/mol. The number of nitrogens with two attached hydrogens (primary N) is 1. The number of alkyl halides is 3. The predicted octanol–water partition coefficient (Wildman–Crippen LogP) is 1.57. The Hall–Kier alpha value is -1.76. The highest BCUT2D eigenvalue weighted by Gasteiger charge is 2.28. The summed E-state index contributed by atoms with van der Waals surface area (Å²) in [4.78, 5) is 11.5. The number of rotatable bonds is 3. The summed E-state index contributed by atoms with van der Waals surface area (Å²) < 4.78 is 35.8. The molecule has 0 heterocycles. The van der Waals surface area contributed by atoms with Gasteiger partial charge in [0.05, 0.1) is 11.3 Å². The van der Waals surface area contributed by atoms with E-state index >= 15 is 0 Å². The minimum atomic E-state index is -4.43. The van der Waals surface area contributed by atoms with Crippen LogP contribution in [0.5, 0.6) is 0 Å². The molecule has 4 nitrogen and oxygen atoms in total. The van der Waals surface area contributed by atoms with Crippen LogP contribution in [0.2, 0.25) is 0 Å². The maximum atomic E-state index is 11.9. The normalized spacial score (nSPS) is 11.1. The third-order valence-corrected chi connectivity index (χ3v) is 2.02. The van der Waals surface area contributed by atoms with E-state index in [0.717, 1.165) is 5.56 Å². The summed E-state index contributed by atoms with van der Waals surface area (Å²) in [5.74, 6) is 4.35. The molecule has 0 radical (unpaired) electrons. The Balaban J connectivity index is 2.84. The zero-order chi connectivity index (χ0) is 13.1. The third-order valence-electron chi connectivity index (χ3n) is 2.02. The highest BCUT2D eigenvalue weighted by Crippen LogP contribution is 2.17. The Labute approximate surface area is 96.0 Å². The lowest BCUT2D eigenvalue weighted by Crippen LogP contribution is -2.34. The molecular weight excluding hydrogens is 235 g/mol. The molecule has 7 heteroatoms. The maximum absolute atomic E-state index is 11.9. The summed E-state index contributed by atoms with van der Waals surface area (Å²) in [5.41, 5.74) is 3.36. The molecule has 1 aromatic rings. The largest absolute Gasteiger partial charge is 0.405 e. The van der Waals surface area contributed by atoms with E-state index in [4.69, 9.17) is 5.84 Å². The van der Waals surface area contributed by atoms with Gasteiger partial charge in [0, 0.05) is 0 Å². The molecule has 0 aliphatic carbocycles. The van der Waals surface area contributed by atoms with E-state index in [1.807, 2.05) is 0 Å². The van der Waals surface area contributed by atoms with Gasteiger partial charge in [-0.1, -0.05) is 11.6 Å². The van der Waals surface area contributed by atoms with Crippen LogP contribution in [-0.4, -0.2) is 18.6 Å². The first-order valence-electron chi connectivity index (χ1n) is 4.75. The Morgan fingerprint density at radius 2 is 2.06 bits per heavy atom. The van der Waals surface area contributed by atoms with E-state index in [0.29, 0.717) is 0 Å². The zero-order valence-corrected chi connectivity index (χ0v) is 9.06. The molecule has 0 spiro atoms. The van der Waals surface area contributed by atoms with Crippen molar-refractivity contribution in [3.05, 3.63) is 29.3 Å². The van der Waals surface area contributed by atoms with Gasteiger partial charge in [0.25, 0.3) is 5.91 Å². The van der Waals surface area contributed by atoms with Gasteiger partial charge in [-0.05, 0) is 19.1 Å². The van der Waals surface area contributed by atoms with Gasteiger partial charge in [0.1, 0.15) is 6.54 Å². The molecule has 4 N–H and O–H groups in total. The average Bonchev–Trinajstić information content (AvgIpc) is 2.25. The fourth-order valence-electron chi connectivity index (χ4n) is 1.25. The molecule has 0 saturated carbocycles. The highest BCUT2D eigenvalue weighted by molar-refractivity contribution is 5.99. The van der Waals surface area contributed by atoms with Crippen LogP contribution < -0.4 is 16.6 Å². The molecule has 0 aliphatic heterocycles. The third kappa shape index (κ3) is 3.95. The first kappa shape index (κ1) is 13.3. The second-order valence-electron chi connectivity index (χ2n) is 3.49. The van der Waals surface area contributed by atoms with Crippen LogP contribution in [0.15, 0.2) is 18.2 Å². The number of amides is 1. The minimum absolute atomic E-state index is 0.0803. The zero-order valence-electron chi connectivity index (χ0n) is 9.06. The first-order valence-corrected chi connectivity index (χ1v) is 4.75. The standard InChI is InChI=1S/C10H12F3N3O/c1-6-2-3-8(16-14)7(4-6)9(17)15-5-10(11,12)13/h2-4,16H,5,14H2,1H3,(H,15,17). The SMILES string of the molecule is Cc1ccc(NN)c(C(=O)NCC(F)(F)F)c1. The summed E-state index contributed by atoms with van der Waals surface area (Å²) >= 11 is 0. The highest BCUT2D eigenvalue weighted by atomic mass is 19.4. The van der Waals surface area contributed by atoms with E-state index in [1.54, 1.807) is 18.3 Å². The molecule has 0 unspecified atom stereocenters. The molecule has 0 fully saturated rings. The van der Waals surface area contributed by atoms with E-state index < -0.39 is 18.6 Å². The number of hydrogen-bond donors (Lipinski definition) is 3. The number of hydrazine groups is 1. The van der Waals surface area contributed by atoms with Crippen molar-refractivity contribution >= 4 is 11.6 Å². The molecule has 1 amide bonds. The van der Waals surface area contributed by atoms with Crippen LogP contribution in [0, 0.1) is 6.92 Å². The number of carbonyl (C=O) groups excluding carboxylic acids is 1. The Bertz CT molecular complexity index is 418. The van der Waals surface area contributed by atoms with Crippen LogP contribution in [0.25, 0.3) is 0 Å². The molecule has 0 saturated heterocycles. The number of nitrogen functional groups attached to an aromatic ring is 1. The van der Waals surface area contributed by atoms with Crippen molar-refractivity contribution in [3.8, 4) is 0 Å². The number of anilines is 1.